The number of hydrogen-bond donors (Lipinski definition) is 1. The lowest BCUT2D eigenvalue weighted by atomic mass is 9.92. The van der Waals surface area contributed by atoms with Crippen molar-refractivity contribution in [2.24, 2.45) is 5.92 Å². The zero-order chi connectivity index (χ0) is 10.0. The molecule has 0 bridgehead atoms. The minimum atomic E-state index is -0.641. The largest absolute Gasteiger partial charge is 0.481 e. The molecule has 0 amide bonds. The zero-order valence-corrected chi connectivity index (χ0v) is 8.66. The van der Waals surface area contributed by atoms with E-state index >= 15 is 0 Å². The fourth-order valence-corrected chi connectivity index (χ4v) is 2.06. The monoisotopic (exact) mass is 185 g/mol. The number of aliphatic carboxylic acids is 1. The van der Waals surface area contributed by atoms with Gasteiger partial charge in [-0.05, 0) is 33.6 Å². The quantitative estimate of drug-likeness (QED) is 0.710. The van der Waals surface area contributed by atoms with Crippen LogP contribution < -0.4 is 0 Å². The molecule has 2 atom stereocenters. The van der Waals surface area contributed by atoms with E-state index in [1.807, 2.05) is 0 Å². The van der Waals surface area contributed by atoms with Crippen LogP contribution in [0.25, 0.3) is 0 Å². The van der Waals surface area contributed by atoms with Crippen molar-refractivity contribution in [1.29, 1.82) is 0 Å². The predicted molar refractivity (Wildman–Crippen MR) is 51.7 cm³/mol. The normalized spacial score (nSPS) is 30.8. The Morgan fingerprint density at radius 2 is 2.08 bits per heavy atom. The standard InChI is InChI=1S/C10H19NO2/c1-7(2)11-6-9(10(12)13)5-4-8(11)3/h7-9H,4-6H2,1-3H3,(H,12,13). The average molecular weight is 185 g/mol. The molecule has 3 nitrogen and oxygen atoms in total. The van der Waals surface area contributed by atoms with E-state index in [-0.39, 0.29) is 5.92 Å². The zero-order valence-electron chi connectivity index (χ0n) is 8.66. The summed E-state index contributed by atoms with van der Waals surface area (Å²) in [4.78, 5) is 13.1. The summed E-state index contributed by atoms with van der Waals surface area (Å²) in [6.07, 6.45) is 1.84. The van der Waals surface area contributed by atoms with Gasteiger partial charge >= 0.3 is 5.97 Å². The molecule has 1 fully saturated rings. The SMILES string of the molecule is CC(C)N1CC(C(=O)O)CCC1C. The number of carbonyl (C=O) groups is 1. The summed E-state index contributed by atoms with van der Waals surface area (Å²) in [5, 5.41) is 8.90. The topological polar surface area (TPSA) is 40.5 Å². The minimum Gasteiger partial charge on any atom is -0.481 e. The second-order valence-corrected chi connectivity index (χ2v) is 4.25. The molecule has 3 heteroatoms. The van der Waals surface area contributed by atoms with Gasteiger partial charge < -0.3 is 5.11 Å². The molecular formula is C10H19NO2. The molecule has 0 aromatic heterocycles. The van der Waals surface area contributed by atoms with E-state index in [2.05, 4.69) is 25.7 Å². The third-order valence-electron chi connectivity index (χ3n) is 2.94. The molecule has 0 aliphatic carbocycles. The lowest BCUT2D eigenvalue weighted by Gasteiger charge is -2.39. The van der Waals surface area contributed by atoms with Gasteiger partial charge in [0, 0.05) is 18.6 Å². The van der Waals surface area contributed by atoms with E-state index in [1.54, 1.807) is 0 Å². The number of likely N-dealkylation sites (tertiary alicyclic amines) is 1. The first-order chi connectivity index (χ1) is 6.02. The van der Waals surface area contributed by atoms with Gasteiger partial charge in [-0.25, -0.2) is 0 Å². The highest BCUT2D eigenvalue weighted by Gasteiger charge is 2.30. The maximum Gasteiger partial charge on any atom is 0.307 e. The second-order valence-electron chi connectivity index (χ2n) is 4.25. The molecule has 1 aliphatic heterocycles. The van der Waals surface area contributed by atoms with Crippen LogP contribution in [0.3, 0.4) is 0 Å². The Balaban J connectivity index is 2.58. The van der Waals surface area contributed by atoms with Gasteiger partial charge in [-0.15, -0.1) is 0 Å². The van der Waals surface area contributed by atoms with Crippen molar-refractivity contribution in [2.45, 2.75) is 45.7 Å². The fraction of sp³-hybridized carbons (Fsp3) is 0.900. The minimum absolute atomic E-state index is 0.154. The van der Waals surface area contributed by atoms with Gasteiger partial charge in [-0.2, -0.15) is 0 Å². The molecule has 0 radical (unpaired) electrons. The summed E-state index contributed by atoms with van der Waals surface area (Å²) >= 11 is 0. The first-order valence-electron chi connectivity index (χ1n) is 5.01. The third-order valence-corrected chi connectivity index (χ3v) is 2.94. The summed E-state index contributed by atoms with van der Waals surface area (Å²) in [7, 11) is 0. The van der Waals surface area contributed by atoms with Crippen molar-refractivity contribution < 1.29 is 9.90 Å². The molecule has 0 aromatic carbocycles. The van der Waals surface area contributed by atoms with E-state index in [0.717, 1.165) is 12.8 Å². The molecule has 76 valence electrons. The molecule has 1 rings (SSSR count). The number of nitrogens with zero attached hydrogens (tertiary/aromatic N) is 1. The van der Waals surface area contributed by atoms with Crippen molar-refractivity contribution in [3.63, 3.8) is 0 Å². The summed E-state index contributed by atoms with van der Waals surface area (Å²) in [6, 6.07) is 0.993. The molecule has 2 unspecified atom stereocenters. The van der Waals surface area contributed by atoms with Crippen LogP contribution >= 0.6 is 0 Å². The Morgan fingerprint density at radius 1 is 1.46 bits per heavy atom. The molecule has 0 aromatic rings. The van der Waals surface area contributed by atoms with E-state index < -0.39 is 5.97 Å². The summed E-state index contributed by atoms with van der Waals surface area (Å²) < 4.78 is 0. The van der Waals surface area contributed by atoms with E-state index in [1.165, 1.54) is 0 Å². The molecule has 1 heterocycles. The van der Waals surface area contributed by atoms with Gasteiger partial charge in [0.25, 0.3) is 0 Å². The summed E-state index contributed by atoms with van der Waals surface area (Å²) in [5.41, 5.74) is 0. The van der Waals surface area contributed by atoms with Gasteiger partial charge in [-0.3, -0.25) is 9.69 Å². The number of carboxylic acid groups (broad SMARTS) is 1. The van der Waals surface area contributed by atoms with Crippen molar-refractivity contribution in [3.8, 4) is 0 Å². The maximum atomic E-state index is 10.8. The van der Waals surface area contributed by atoms with Gasteiger partial charge in [0.2, 0.25) is 0 Å². The first-order valence-corrected chi connectivity index (χ1v) is 5.01. The molecule has 1 aliphatic rings. The van der Waals surface area contributed by atoms with Crippen LogP contribution in [0, 0.1) is 5.92 Å². The lowest BCUT2D eigenvalue weighted by Crippen LogP contribution is -2.47. The Morgan fingerprint density at radius 3 is 2.54 bits per heavy atom. The number of hydrogen-bond acceptors (Lipinski definition) is 2. The molecule has 0 spiro atoms. The summed E-state index contributed by atoms with van der Waals surface area (Å²) in [6.45, 7) is 7.15. The maximum absolute atomic E-state index is 10.8. The Hall–Kier alpha value is -0.570. The van der Waals surface area contributed by atoms with E-state index in [4.69, 9.17) is 5.11 Å². The third kappa shape index (κ3) is 2.44. The highest BCUT2D eigenvalue weighted by atomic mass is 16.4. The van der Waals surface area contributed by atoms with Crippen LogP contribution in [-0.4, -0.2) is 34.6 Å². The van der Waals surface area contributed by atoms with Crippen molar-refractivity contribution in [3.05, 3.63) is 0 Å². The van der Waals surface area contributed by atoms with Gasteiger partial charge in [0.15, 0.2) is 0 Å². The molecule has 1 N–H and O–H groups in total. The molecule has 1 saturated heterocycles. The smallest absolute Gasteiger partial charge is 0.307 e. The fourth-order valence-electron chi connectivity index (χ4n) is 2.06. The van der Waals surface area contributed by atoms with Crippen molar-refractivity contribution in [2.75, 3.05) is 6.54 Å². The lowest BCUT2D eigenvalue weighted by molar-refractivity contribution is -0.144. The highest BCUT2D eigenvalue weighted by Crippen LogP contribution is 2.23. The number of carboxylic acids is 1. The first kappa shape index (κ1) is 10.5. The van der Waals surface area contributed by atoms with Crippen LogP contribution in [0.2, 0.25) is 0 Å². The molecular weight excluding hydrogens is 166 g/mol. The number of piperidine rings is 1. The Kier molecular flexibility index (Phi) is 3.31. The van der Waals surface area contributed by atoms with Gasteiger partial charge in [0.05, 0.1) is 5.92 Å². The van der Waals surface area contributed by atoms with E-state index in [9.17, 15) is 4.79 Å². The number of rotatable bonds is 2. The Bertz CT molecular complexity index is 191. The van der Waals surface area contributed by atoms with Gasteiger partial charge in [0.1, 0.15) is 0 Å². The highest BCUT2D eigenvalue weighted by molar-refractivity contribution is 5.70. The van der Waals surface area contributed by atoms with Gasteiger partial charge in [-0.1, -0.05) is 0 Å². The Labute approximate surface area is 79.7 Å². The van der Waals surface area contributed by atoms with Crippen molar-refractivity contribution in [1.82, 2.24) is 4.90 Å². The molecule has 0 saturated carbocycles. The van der Waals surface area contributed by atoms with Crippen LogP contribution in [0.1, 0.15) is 33.6 Å². The van der Waals surface area contributed by atoms with Crippen LogP contribution in [0.5, 0.6) is 0 Å². The molecule has 13 heavy (non-hydrogen) atoms. The predicted octanol–water partition coefficient (Wildman–Crippen LogP) is 1.58. The summed E-state index contributed by atoms with van der Waals surface area (Å²) in [5.74, 6) is -0.795. The van der Waals surface area contributed by atoms with Crippen LogP contribution in [0.15, 0.2) is 0 Å². The van der Waals surface area contributed by atoms with Crippen molar-refractivity contribution >= 4 is 5.97 Å². The van der Waals surface area contributed by atoms with Crippen LogP contribution in [-0.2, 0) is 4.79 Å². The van der Waals surface area contributed by atoms with Crippen LogP contribution in [0.4, 0.5) is 0 Å². The van der Waals surface area contributed by atoms with E-state index in [0.29, 0.717) is 18.6 Å². The second kappa shape index (κ2) is 4.09. The average Bonchev–Trinajstić information content (AvgIpc) is 2.04.